The van der Waals surface area contributed by atoms with Crippen molar-refractivity contribution < 1.29 is 4.79 Å². The van der Waals surface area contributed by atoms with E-state index in [9.17, 15) is 9.59 Å². The highest BCUT2D eigenvalue weighted by molar-refractivity contribution is 7.99. The molecule has 22 heavy (non-hydrogen) atoms. The Morgan fingerprint density at radius 3 is 2.59 bits per heavy atom. The quantitative estimate of drug-likeness (QED) is 0.684. The molecule has 0 bridgehead atoms. The van der Waals surface area contributed by atoms with Crippen LogP contribution in [0.5, 0.6) is 0 Å². The summed E-state index contributed by atoms with van der Waals surface area (Å²) < 4.78 is 0. The number of hydrogen-bond acceptors (Lipinski definition) is 4. The Balaban J connectivity index is 1.67. The van der Waals surface area contributed by atoms with Crippen LogP contribution in [-0.2, 0) is 17.6 Å². The largest absolute Gasteiger partial charge is 0.346 e. The van der Waals surface area contributed by atoms with Crippen molar-refractivity contribution >= 4 is 17.7 Å². The first-order valence-corrected chi connectivity index (χ1v) is 9.25. The lowest BCUT2D eigenvalue weighted by Gasteiger charge is -2.21. The van der Waals surface area contributed by atoms with Crippen LogP contribution in [0.15, 0.2) is 9.82 Å². The van der Waals surface area contributed by atoms with Gasteiger partial charge in [0.1, 0.15) is 5.03 Å². The predicted molar refractivity (Wildman–Crippen MR) is 87.3 cm³/mol. The van der Waals surface area contributed by atoms with Gasteiger partial charge in [0.15, 0.2) is 0 Å². The van der Waals surface area contributed by atoms with Gasteiger partial charge in [-0.05, 0) is 38.5 Å². The van der Waals surface area contributed by atoms with E-state index >= 15 is 0 Å². The maximum atomic E-state index is 12.4. The summed E-state index contributed by atoms with van der Waals surface area (Å²) in [6.07, 6.45) is 8.78. The first-order chi connectivity index (χ1) is 10.7. The van der Waals surface area contributed by atoms with Crippen LogP contribution in [0.25, 0.3) is 0 Å². The van der Waals surface area contributed by atoms with E-state index in [1.54, 1.807) is 0 Å². The van der Waals surface area contributed by atoms with E-state index in [0.717, 1.165) is 67.9 Å². The Morgan fingerprint density at radius 2 is 1.82 bits per heavy atom. The molecular weight excluding hydrogens is 298 g/mol. The number of H-pyrrole nitrogens is 1. The SMILES string of the molecule is O=C(CSc1nc(=O)[nH]c2c1CCCC2)N1CCCCCC1. The van der Waals surface area contributed by atoms with Crippen LogP contribution in [0, 0.1) is 0 Å². The monoisotopic (exact) mass is 321 g/mol. The minimum absolute atomic E-state index is 0.179. The van der Waals surface area contributed by atoms with Crippen LogP contribution in [0.2, 0.25) is 0 Å². The number of carbonyl (C=O) groups is 1. The lowest BCUT2D eigenvalue weighted by Crippen LogP contribution is -2.33. The fourth-order valence-electron chi connectivity index (χ4n) is 3.26. The first kappa shape index (κ1) is 15.6. The fraction of sp³-hybridized carbons (Fsp3) is 0.688. The number of nitrogens with zero attached hydrogens (tertiary/aromatic N) is 2. The number of hydrogen-bond donors (Lipinski definition) is 1. The molecule has 1 saturated heterocycles. The molecule has 1 amide bonds. The molecule has 1 aromatic heterocycles. The molecule has 120 valence electrons. The number of aromatic amines is 1. The zero-order valence-electron chi connectivity index (χ0n) is 12.9. The summed E-state index contributed by atoms with van der Waals surface area (Å²) in [5.74, 6) is 0.571. The molecular formula is C16H23N3O2S. The summed E-state index contributed by atoms with van der Waals surface area (Å²) >= 11 is 1.44. The number of fused-ring (bicyclic) bond motifs is 1. The number of rotatable bonds is 3. The molecule has 1 aliphatic carbocycles. The lowest BCUT2D eigenvalue weighted by atomic mass is 9.98. The minimum Gasteiger partial charge on any atom is -0.342 e. The summed E-state index contributed by atoms with van der Waals surface area (Å²) in [5.41, 5.74) is 1.89. The average molecular weight is 321 g/mol. The molecule has 1 N–H and O–H groups in total. The van der Waals surface area contributed by atoms with Crippen LogP contribution < -0.4 is 5.69 Å². The van der Waals surface area contributed by atoms with Gasteiger partial charge in [0.05, 0.1) is 5.75 Å². The van der Waals surface area contributed by atoms with Crippen LogP contribution >= 0.6 is 11.8 Å². The van der Waals surface area contributed by atoms with Crippen molar-refractivity contribution in [3.05, 3.63) is 21.7 Å². The molecule has 2 heterocycles. The standard InChI is InChI=1S/C16H23N3O2S/c20-14(19-9-5-1-2-6-10-19)11-22-15-12-7-3-4-8-13(12)17-16(21)18-15/h1-11H2,(H,17,18,21). The second kappa shape index (κ2) is 7.31. The second-order valence-electron chi connectivity index (χ2n) is 6.09. The number of aryl methyl sites for hydroxylation is 1. The molecule has 0 unspecified atom stereocenters. The molecule has 0 spiro atoms. The zero-order chi connectivity index (χ0) is 15.4. The van der Waals surface area contributed by atoms with Crippen molar-refractivity contribution in [2.75, 3.05) is 18.8 Å². The Kier molecular flexibility index (Phi) is 5.18. The number of thioether (sulfide) groups is 1. The van der Waals surface area contributed by atoms with Gasteiger partial charge in [-0.15, -0.1) is 0 Å². The number of nitrogens with one attached hydrogen (secondary N) is 1. The summed E-state index contributed by atoms with van der Waals surface area (Å²) in [6.45, 7) is 1.75. The van der Waals surface area contributed by atoms with Gasteiger partial charge in [-0.3, -0.25) is 4.79 Å². The van der Waals surface area contributed by atoms with Gasteiger partial charge >= 0.3 is 5.69 Å². The Morgan fingerprint density at radius 1 is 1.09 bits per heavy atom. The predicted octanol–water partition coefficient (Wildman–Crippen LogP) is 2.14. The van der Waals surface area contributed by atoms with E-state index < -0.39 is 0 Å². The van der Waals surface area contributed by atoms with E-state index in [1.165, 1.54) is 24.6 Å². The molecule has 2 aliphatic rings. The van der Waals surface area contributed by atoms with E-state index in [1.807, 2.05) is 4.90 Å². The second-order valence-corrected chi connectivity index (χ2v) is 7.06. The smallest absolute Gasteiger partial charge is 0.342 e. The molecule has 0 atom stereocenters. The van der Waals surface area contributed by atoms with Gasteiger partial charge < -0.3 is 9.88 Å². The minimum atomic E-state index is -0.287. The summed E-state index contributed by atoms with van der Waals surface area (Å²) in [5, 5.41) is 0.765. The van der Waals surface area contributed by atoms with Crippen molar-refractivity contribution in [1.82, 2.24) is 14.9 Å². The zero-order valence-corrected chi connectivity index (χ0v) is 13.7. The maximum Gasteiger partial charge on any atom is 0.346 e. The van der Waals surface area contributed by atoms with Gasteiger partial charge in [-0.25, -0.2) is 4.79 Å². The van der Waals surface area contributed by atoms with E-state index in [-0.39, 0.29) is 11.6 Å². The molecule has 6 heteroatoms. The number of amides is 1. The fourth-order valence-corrected chi connectivity index (χ4v) is 4.25. The molecule has 1 aliphatic heterocycles. The molecule has 1 fully saturated rings. The number of carbonyl (C=O) groups excluding carboxylic acids is 1. The van der Waals surface area contributed by atoms with Crippen LogP contribution in [0.1, 0.15) is 49.8 Å². The third-order valence-corrected chi connectivity index (χ3v) is 5.48. The van der Waals surface area contributed by atoms with E-state index in [2.05, 4.69) is 9.97 Å². The number of aromatic nitrogens is 2. The van der Waals surface area contributed by atoms with Crippen molar-refractivity contribution in [1.29, 1.82) is 0 Å². The van der Waals surface area contributed by atoms with Crippen molar-refractivity contribution in [3.8, 4) is 0 Å². The average Bonchev–Trinajstić information content (AvgIpc) is 2.81. The topological polar surface area (TPSA) is 66.1 Å². The molecule has 1 aromatic rings. The number of likely N-dealkylation sites (tertiary alicyclic amines) is 1. The Bertz CT molecular complexity index is 592. The van der Waals surface area contributed by atoms with Crippen molar-refractivity contribution in [3.63, 3.8) is 0 Å². The lowest BCUT2D eigenvalue weighted by molar-refractivity contribution is -0.128. The molecule has 0 aromatic carbocycles. The summed E-state index contributed by atoms with van der Waals surface area (Å²) in [4.78, 5) is 33.0. The highest BCUT2D eigenvalue weighted by atomic mass is 32.2. The van der Waals surface area contributed by atoms with Crippen LogP contribution in [0.4, 0.5) is 0 Å². The van der Waals surface area contributed by atoms with Crippen molar-refractivity contribution in [2.45, 2.75) is 56.4 Å². The summed E-state index contributed by atoms with van der Waals surface area (Å²) in [7, 11) is 0. The normalized spacial score (nSPS) is 18.6. The van der Waals surface area contributed by atoms with E-state index in [4.69, 9.17) is 0 Å². The molecule has 0 saturated carbocycles. The first-order valence-electron chi connectivity index (χ1n) is 8.26. The molecule has 3 rings (SSSR count). The summed E-state index contributed by atoms with van der Waals surface area (Å²) in [6, 6.07) is 0. The highest BCUT2D eigenvalue weighted by Crippen LogP contribution is 2.27. The van der Waals surface area contributed by atoms with Gasteiger partial charge in [0.25, 0.3) is 0 Å². The molecule has 0 radical (unpaired) electrons. The maximum absolute atomic E-state index is 12.4. The Labute approximate surface area is 134 Å². The third kappa shape index (κ3) is 3.72. The van der Waals surface area contributed by atoms with Crippen LogP contribution in [-0.4, -0.2) is 39.6 Å². The van der Waals surface area contributed by atoms with Gasteiger partial charge in [-0.2, -0.15) is 4.98 Å². The van der Waals surface area contributed by atoms with Crippen LogP contribution in [0.3, 0.4) is 0 Å². The van der Waals surface area contributed by atoms with Gasteiger partial charge in [0.2, 0.25) is 5.91 Å². The Hall–Kier alpha value is -1.30. The van der Waals surface area contributed by atoms with Gasteiger partial charge in [0, 0.05) is 24.3 Å². The van der Waals surface area contributed by atoms with Crippen molar-refractivity contribution in [2.24, 2.45) is 0 Å². The van der Waals surface area contributed by atoms with Gasteiger partial charge in [-0.1, -0.05) is 24.6 Å². The third-order valence-electron chi connectivity index (χ3n) is 4.48. The van der Waals surface area contributed by atoms with E-state index in [0.29, 0.717) is 5.75 Å². The highest BCUT2D eigenvalue weighted by Gasteiger charge is 2.20. The molecule has 5 nitrogen and oxygen atoms in total.